The summed E-state index contributed by atoms with van der Waals surface area (Å²) < 4.78 is 27.5. The number of benzene rings is 2. The van der Waals surface area contributed by atoms with Crippen LogP contribution in [0.2, 0.25) is 10.0 Å². The molecule has 32 heavy (non-hydrogen) atoms. The molecule has 0 saturated carbocycles. The Hall–Kier alpha value is -1.60. The number of carbonyl (C=O) groups excluding carboxylic acids is 1. The zero-order chi connectivity index (χ0) is 23.3. The van der Waals surface area contributed by atoms with Crippen molar-refractivity contribution in [1.82, 2.24) is 9.62 Å². The van der Waals surface area contributed by atoms with Crippen LogP contribution in [0.1, 0.15) is 48.9 Å². The second-order valence-corrected chi connectivity index (χ2v) is 11.0. The zero-order valence-corrected chi connectivity index (χ0v) is 20.9. The molecule has 0 bridgehead atoms. The van der Waals surface area contributed by atoms with Gasteiger partial charge in [-0.3, -0.25) is 4.79 Å². The van der Waals surface area contributed by atoms with Gasteiger partial charge in [-0.25, -0.2) is 12.7 Å². The van der Waals surface area contributed by atoms with E-state index in [1.165, 1.54) is 15.4 Å². The molecule has 0 aliphatic carbocycles. The summed E-state index contributed by atoms with van der Waals surface area (Å²) in [6, 6.07) is 11.3. The average molecular weight is 497 g/mol. The van der Waals surface area contributed by atoms with Gasteiger partial charge < -0.3 is 5.32 Å². The summed E-state index contributed by atoms with van der Waals surface area (Å²) in [5, 5.41) is 3.69. The van der Waals surface area contributed by atoms with E-state index in [9.17, 15) is 13.2 Å². The normalized spacial score (nSPS) is 17.3. The van der Waals surface area contributed by atoms with Gasteiger partial charge in [0.2, 0.25) is 15.9 Å². The molecule has 8 heteroatoms. The van der Waals surface area contributed by atoms with E-state index in [-0.39, 0.29) is 24.1 Å². The maximum atomic E-state index is 13.0. The molecule has 0 radical (unpaired) electrons. The van der Waals surface area contributed by atoms with Crippen molar-refractivity contribution in [1.29, 1.82) is 0 Å². The molecule has 1 aliphatic rings. The summed E-state index contributed by atoms with van der Waals surface area (Å²) in [5.41, 5.74) is 3.96. The van der Waals surface area contributed by atoms with Crippen LogP contribution >= 0.6 is 23.2 Å². The number of hydrogen-bond donors (Lipinski definition) is 1. The van der Waals surface area contributed by atoms with E-state index in [2.05, 4.69) is 37.4 Å². The van der Waals surface area contributed by atoms with Gasteiger partial charge in [0.1, 0.15) is 0 Å². The second kappa shape index (κ2) is 11.0. The highest BCUT2D eigenvalue weighted by Crippen LogP contribution is 2.29. The number of aryl methyl sites for hydroxylation is 2. The van der Waals surface area contributed by atoms with Crippen LogP contribution in [0.5, 0.6) is 0 Å². The number of rotatable bonds is 8. The van der Waals surface area contributed by atoms with Gasteiger partial charge in [0.25, 0.3) is 0 Å². The molecule has 1 N–H and O–H groups in total. The molecule has 1 aliphatic heterocycles. The number of sulfonamides is 1. The van der Waals surface area contributed by atoms with Gasteiger partial charge in [-0.15, -0.1) is 0 Å². The third-order valence-electron chi connectivity index (χ3n) is 6.05. The first kappa shape index (κ1) is 25.0. The molecular weight excluding hydrogens is 467 g/mol. The van der Waals surface area contributed by atoms with E-state index in [4.69, 9.17) is 23.2 Å². The Morgan fingerprint density at radius 1 is 1.09 bits per heavy atom. The first-order valence-corrected chi connectivity index (χ1v) is 13.4. The van der Waals surface area contributed by atoms with Crippen molar-refractivity contribution < 1.29 is 13.2 Å². The quantitative estimate of drug-likeness (QED) is 0.560. The first-order chi connectivity index (χ1) is 15.2. The number of carbonyl (C=O) groups is 1. The number of piperidine rings is 1. The lowest BCUT2D eigenvalue weighted by Gasteiger charge is -2.31. The van der Waals surface area contributed by atoms with Crippen molar-refractivity contribution in [2.24, 2.45) is 5.92 Å². The minimum atomic E-state index is -3.65. The molecular formula is C24H30Cl2N2O3S. The summed E-state index contributed by atoms with van der Waals surface area (Å²) in [6.07, 6.45) is 3.14. The predicted octanol–water partition coefficient (Wildman–Crippen LogP) is 4.98. The number of nitrogens with one attached hydrogen (secondary N) is 1. The minimum absolute atomic E-state index is 0.107. The number of nitrogens with zero attached hydrogens (tertiary/aromatic N) is 1. The molecule has 5 nitrogen and oxygen atoms in total. The lowest BCUT2D eigenvalue weighted by Crippen LogP contribution is -2.45. The van der Waals surface area contributed by atoms with Crippen LogP contribution in [-0.2, 0) is 40.0 Å². The largest absolute Gasteiger partial charge is 0.352 e. The molecule has 2 aromatic carbocycles. The van der Waals surface area contributed by atoms with Gasteiger partial charge in [0, 0.05) is 35.2 Å². The topological polar surface area (TPSA) is 66.5 Å². The fourth-order valence-electron chi connectivity index (χ4n) is 4.09. The first-order valence-electron chi connectivity index (χ1n) is 11.0. The van der Waals surface area contributed by atoms with E-state index < -0.39 is 10.0 Å². The molecule has 1 heterocycles. The van der Waals surface area contributed by atoms with Crippen molar-refractivity contribution >= 4 is 39.1 Å². The highest BCUT2D eigenvalue weighted by molar-refractivity contribution is 7.88. The monoisotopic (exact) mass is 496 g/mol. The van der Waals surface area contributed by atoms with Crippen LogP contribution in [0.15, 0.2) is 36.4 Å². The standard InChI is InChI=1S/C24H30Cl2N2O3S/c1-3-17-10-11-18(4-2)20(13-17)14-27-24(29)19-7-6-12-28(15-19)32(30,31)16-21-22(25)8-5-9-23(21)26/h5,8-11,13,19H,3-4,6-7,12,14-16H2,1-2H3,(H,27,29)/t19-/m0/s1. The maximum Gasteiger partial charge on any atom is 0.224 e. The number of halogens is 2. The Kier molecular flexibility index (Phi) is 8.62. The summed E-state index contributed by atoms with van der Waals surface area (Å²) in [5.74, 6) is -0.756. The van der Waals surface area contributed by atoms with Gasteiger partial charge in [-0.05, 0) is 54.5 Å². The highest BCUT2D eigenvalue weighted by Gasteiger charge is 2.33. The molecule has 0 spiro atoms. The molecule has 0 unspecified atom stereocenters. The fourth-order valence-corrected chi connectivity index (χ4v) is 6.45. The summed E-state index contributed by atoms with van der Waals surface area (Å²) in [7, 11) is -3.65. The van der Waals surface area contributed by atoms with E-state index in [0.29, 0.717) is 41.5 Å². The van der Waals surface area contributed by atoms with Crippen molar-refractivity contribution in [2.75, 3.05) is 13.1 Å². The lowest BCUT2D eigenvalue weighted by molar-refractivity contribution is -0.126. The highest BCUT2D eigenvalue weighted by atomic mass is 35.5. The molecule has 1 fully saturated rings. The predicted molar refractivity (Wildman–Crippen MR) is 130 cm³/mol. The smallest absolute Gasteiger partial charge is 0.224 e. The van der Waals surface area contributed by atoms with Crippen molar-refractivity contribution in [2.45, 2.75) is 51.8 Å². The maximum absolute atomic E-state index is 13.0. The Labute approximate surface area is 201 Å². The molecule has 174 valence electrons. The SMILES string of the molecule is CCc1ccc(CC)c(CNC(=O)[C@H]2CCCN(S(=O)(=O)Cc3c(Cl)cccc3Cl)C2)c1. The molecule has 0 aromatic heterocycles. The molecule has 2 aromatic rings. The van der Waals surface area contributed by atoms with Crippen LogP contribution in [0.4, 0.5) is 0 Å². The molecule has 1 atom stereocenters. The summed E-state index contributed by atoms with van der Waals surface area (Å²) in [4.78, 5) is 12.9. The minimum Gasteiger partial charge on any atom is -0.352 e. The lowest BCUT2D eigenvalue weighted by atomic mass is 9.97. The second-order valence-electron chi connectivity index (χ2n) is 8.18. The average Bonchev–Trinajstić information content (AvgIpc) is 2.79. The van der Waals surface area contributed by atoms with Crippen LogP contribution in [0, 0.1) is 5.92 Å². The van der Waals surface area contributed by atoms with E-state index >= 15 is 0 Å². The van der Waals surface area contributed by atoms with Crippen molar-refractivity contribution in [3.8, 4) is 0 Å². The van der Waals surface area contributed by atoms with E-state index in [0.717, 1.165) is 18.4 Å². The van der Waals surface area contributed by atoms with Gasteiger partial charge >= 0.3 is 0 Å². The molecule has 3 rings (SSSR count). The summed E-state index contributed by atoms with van der Waals surface area (Å²) >= 11 is 12.3. The Morgan fingerprint density at radius 3 is 2.47 bits per heavy atom. The number of amides is 1. The van der Waals surface area contributed by atoms with Gasteiger partial charge in [0.15, 0.2) is 0 Å². The van der Waals surface area contributed by atoms with Crippen LogP contribution in [-0.4, -0.2) is 31.7 Å². The Morgan fingerprint density at radius 2 is 1.81 bits per heavy atom. The third-order valence-corrected chi connectivity index (χ3v) is 8.53. The van der Waals surface area contributed by atoms with E-state index in [1.54, 1.807) is 18.2 Å². The summed E-state index contributed by atoms with van der Waals surface area (Å²) in [6.45, 7) is 5.23. The molecule has 1 amide bonds. The third kappa shape index (κ3) is 6.04. The number of hydrogen-bond acceptors (Lipinski definition) is 3. The van der Waals surface area contributed by atoms with E-state index in [1.807, 2.05) is 0 Å². The Balaban J connectivity index is 1.66. The molecule has 1 saturated heterocycles. The van der Waals surface area contributed by atoms with Gasteiger partial charge in [-0.2, -0.15) is 0 Å². The Bertz CT molecular complexity index is 1050. The van der Waals surface area contributed by atoms with Gasteiger partial charge in [-0.1, -0.05) is 61.3 Å². The van der Waals surface area contributed by atoms with Crippen molar-refractivity contribution in [3.05, 3.63) is 68.7 Å². The van der Waals surface area contributed by atoms with Gasteiger partial charge in [0.05, 0.1) is 11.7 Å². The van der Waals surface area contributed by atoms with Crippen LogP contribution in [0.25, 0.3) is 0 Å². The van der Waals surface area contributed by atoms with Crippen LogP contribution in [0.3, 0.4) is 0 Å². The zero-order valence-electron chi connectivity index (χ0n) is 18.5. The van der Waals surface area contributed by atoms with Crippen molar-refractivity contribution in [3.63, 3.8) is 0 Å². The fraction of sp³-hybridized carbons (Fsp3) is 0.458. The van der Waals surface area contributed by atoms with Crippen LogP contribution < -0.4 is 5.32 Å².